The van der Waals surface area contributed by atoms with Gasteiger partial charge in [-0.1, -0.05) is 30.3 Å². The summed E-state index contributed by atoms with van der Waals surface area (Å²) in [5.74, 6) is -1.74. The van der Waals surface area contributed by atoms with E-state index in [0.29, 0.717) is 11.3 Å². The molecule has 0 radical (unpaired) electrons. The monoisotopic (exact) mass is 379 g/mol. The zero-order valence-corrected chi connectivity index (χ0v) is 14.2. The third kappa shape index (κ3) is 3.82. The van der Waals surface area contributed by atoms with Crippen molar-refractivity contribution in [3.8, 4) is 11.3 Å². The molecule has 8 heteroatoms. The van der Waals surface area contributed by atoms with Gasteiger partial charge in [0, 0.05) is 12.1 Å². The molecule has 2 N–H and O–H groups in total. The SMILES string of the molecule is O=S(=O)(NCC(O)c1ccc(-c2ccco2)cc1)c1c(F)cccc1F. The van der Waals surface area contributed by atoms with Gasteiger partial charge in [-0.25, -0.2) is 21.9 Å². The van der Waals surface area contributed by atoms with Crippen LogP contribution in [0, 0.1) is 11.6 Å². The Morgan fingerprint density at radius 3 is 2.23 bits per heavy atom. The molecule has 3 aromatic rings. The van der Waals surface area contributed by atoms with Crippen LogP contribution in [0.3, 0.4) is 0 Å². The highest BCUT2D eigenvalue weighted by Gasteiger charge is 2.24. The fourth-order valence-electron chi connectivity index (χ4n) is 2.43. The van der Waals surface area contributed by atoms with Crippen LogP contribution in [0.1, 0.15) is 11.7 Å². The molecule has 0 aliphatic rings. The van der Waals surface area contributed by atoms with Crippen molar-refractivity contribution in [1.82, 2.24) is 4.72 Å². The van der Waals surface area contributed by atoms with Gasteiger partial charge in [-0.05, 0) is 29.8 Å². The maximum atomic E-state index is 13.6. The van der Waals surface area contributed by atoms with Crippen molar-refractivity contribution in [2.24, 2.45) is 0 Å². The summed E-state index contributed by atoms with van der Waals surface area (Å²) in [7, 11) is -4.44. The van der Waals surface area contributed by atoms with Gasteiger partial charge >= 0.3 is 0 Å². The van der Waals surface area contributed by atoms with Crippen LogP contribution in [-0.4, -0.2) is 20.1 Å². The van der Waals surface area contributed by atoms with Crippen LogP contribution in [0.5, 0.6) is 0 Å². The Labute approximate surface area is 149 Å². The van der Waals surface area contributed by atoms with E-state index in [0.717, 1.165) is 23.8 Å². The quantitative estimate of drug-likeness (QED) is 0.689. The lowest BCUT2D eigenvalue weighted by Gasteiger charge is -2.13. The minimum atomic E-state index is -4.44. The molecule has 26 heavy (non-hydrogen) atoms. The van der Waals surface area contributed by atoms with Crippen molar-refractivity contribution in [3.05, 3.63) is 78.1 Å². The molecule has 0 saturated carbocycles. The molecule has 0 aliphatic carbocycles. The van der Waals surface area contributed by atoms with Crippen LogP contribution in [-0.2, 0) is 10.0 Å². The van der Waals surface area contributed by atoms with Gasteiger partial charge in [0.25, 0.3) is 0 Å². The molecule has 1 aromatic heterocycles. The van der Waals surface area contributed by atoms with Gasteiger partial charge in [0.2, 0.25) is 10.0 Å². The topological polar surface area (TPSA) is 79.5 Å². The highest BCUT2D eigenvalue weighted by molar-refractivity contribution is 7.89. The molecule has 0 spiro atoms. The van der Waals surface area contributed by atoms with Gasteiger partial charge in [0.15, 0.2) is 4.90 Å². The summed E-state index contributed by atoms with van der Waals surface area (Å²) in [4.78, 5) is -1.07. The van der Waals surface area contributed by atoms with E-state index in [-0.39, 0.29) is 0 Å². The lowest BCUT2D eigenvalue weighted by Crippen LogP contribution is -2.30. The normalized spacial score (nSPS) is 12.9. The Bertz CT molecular complexity index is 966. The molecule has 2 aromatic carbocycles. The minimum absolute atomic E-state index is 0.434. The average molecular weight is 379 g/mol. The molecule has 0 aliphatic heterocycles. The van der Waals surface area contributed by atoms with E-state index >= 15 is 0 Å². The third-order valence-corrected chi connectivity index (χ3v) is 5.23. The Morgan fingerprint density at radius 1 is 1.00 bits per heavy atom. The molecule has 1 atom stereocenters. The first kappa shape index (κ1) is 18.2. The molecule has 0 amide bonds. The smallest absolute Gasteiger partial charge is 0.246 e. The summed E-state index contributed by atoms with van der Waals surface area (Å²) in [6, 6.07) is 12.9. The molecule has 3 rings (SSSR count). The summed E-state index contributed by atoms with van der Waals surface area (Å²) in [5.41, 5.74) is 1.23. The number of hydrogen-bond acceptors (Lipinski definition) is 4. The van der Waals surface area contributed by atoms with Gasteiger partial charge in [-0.15, -0.1) is 0 Å². The summed E-state index contributed by atoms with van der Waals surface area (Å²) < 4.78 is 58.8. The fraction of sp³-hybridized carbons (Fsp3) is 0.111. The number of benzene rings is 2. The Morgan fingerprint density at radius 2 is 1.65 bits per heavy atom. The Balaban J connectivity index is 1.71. The number of nitrogens with one attached hydrogen (secondary N) is 1. The number of furan rings is 1. The lowest BCUT2D eigenvalue weighted by molar-refractivity contribution is 0.182. The maximum Gasteiger partial charge on any atom is 0.246 e. The molecule has 1 heterocycles. The van der Waals surface area contributed by atoms with E-state index in [1.54, 1.807) is 36.4 Å². The maximum absolute atomic E-state index is 13.6. The van der Waals surface area contributed by atoms with Crippen molar-refractivity contribution >= 4 is 10.0 Å². The van der Waals surface area contributed by atoms with Crippen LogP contribution >= 0.6 is 0 Å². The zero-order chi connectivity index (χ0) is 18.7. The van der Waals surface area contributed by atoms with E-state index in [1.807, 2.05) is 4.72 Å². The second kappa shape index (κ2) is 7.36. The summed E-state index contributed by atoms with van der Waals surface area (Å²) in [5, 5.41) is 10.2. The van der Waals surface area contributed by atoms with Gasteiger partial charge < -0.3 is 9.52 Å². The molecule has 0 saturated heterocycles. The van der Waals surface area contributed by atoms with E-state index in [9.17, 15) is 22.3 Å². The lowest BCUT2D eigenvalue weighted by atomic mass is 10.1. The van der Waals surface area contributed by atoms with E-state index in [2.05, 4.69) is 0 Å². The number of rotatable bonds is 6. The predicted molar refractivity (Wildman–Crippen MR) is 90.7 cm³/mol. The highest BCUT2D eigenvalue weighted by atomic mass is 32.2. The first-order chi connectivity index (χ1) is 12.4. The molecular weight excluding hydrogens is 364 g/mol. The molecule has 5 nitrogen and oxygen atoms in total. The van der Waals surface area contributed by atoms with Gasteiger partial charge in [-0.2, -0.15) is 0 Å². The van der Waals surface area contributed by atoms with Crippen molar-refractivity contribution < 1.29 is 26.7 Å². The van der Waals surface area contributed by atoms with Gasteiger partial charge in [0.05, 0.1) is 12.4 Å². The molecular formula is C18H15F2NO4S. The Hall–Kier alpha value is -2.55. The second-order valence-corrected chi connectivity index (χ2v) is 7.22. The second-order valence-electron chi connectivity index (χ2n) is 5.52. The molecule has 0 bridgehead atoms. The van der Waals surface area contributed by atoms with Crippen molar-refractivity contribution in [2.75, 3.05) is 6.54 Å². The summed E-state index contributed by atoms with van der Waals surface area (Å²) in [6.45, 7) is -0.434. The largest absolute Gasteiger partial charge is 0.464 e. The van der Waals surface area contributed by atoms with Crippen molar-refractivity contribution in [1.29, 1.82) is 0 Å². The van der Waals surface area contributed by atoms with Crippen LogP contribution < -0.4 is 4.72 Å². The first-order valence-corrected chi connectivity index (χ1v) is 9.12. The molecule has 136 valence electrons. The van der Waals surface area contributed by atoms with E-state index < -0.39 is 39.2 Å². The van der Waals surface area contributed by atoms with Crippen LogP contribution in [0.4, 0.5) is 8.78 Å². The predicted octanol–water partition coefficient (Wildman–Crippen LogP) is 3.24. The van der Waals surface area contributed by atoms with Gasteiger partial charge in [0.1, 0.15) is 17.4 Å². The standard InChI is InChI=1S/C18H15F2NO4S/c19-14-3-1-4-15(20)18(14)26(23,24)21-11-16(22)12-6-8-13(9-7-12)17-5-2-10-25-17/h1-10,16,21-22H,11H2. The third-order valence-electron chi connectivity index (χ3n) is 3.76. The number of aliphatic hydroxyl groups is 1. The molecule has 0 fully saturated rings. The average Bonchev–Trinajstić information content (AvgIpc) is 3.14. The number of aliphatic hydroxyl groups excluding tert-OH is 1. The highest BCUT2D eigenvalue weighted by Crippen LogP contribution is 2.23. The van der Waals surface area contributed by atoms with E-state index in [1.165, 1.54) is 6.26 Å². The fourth-order valence-corrected chi connectivity index (χ4v) is 3.60. The minimum Gasteiger partial charge on any atom is -0.464 e. The summed E-state index contributed by atoms with van der Waals surface area (Å²) in [6.07, 6.45) is 0.347. The van der Waals surface area contributed by atoms with Crippen molar-refractivity contribution in [2.45, 2.75) is 11.0 Å². The number of halogens is 2. The zero-order valence-electron chi connectivity index (χ0n) is 13.4. The Kier molecular flexibility index (Phi) is 5.17. The molecule has 1 unspecified atom stereocenters. The van der Waals surface area contributed by atoms with Crippen LogP contribution in [0.2, 0.25) is 0 Å². The van der Waals surface area contributed by atoms with E-state index in [4.69, 9.17) is 4.42 Å². The number of hydrogen-bond donors (Lipinski definition) is 2. The van der Waals surface area contributed by atoms with Crippen LogP contribution in [0.25, 0.3) is 11.3 Å². The first-order valence-electron chi connectivity index (χ1n) is 7.64. The van der Waals surface area contributed by atoms with Crippen LogP contribution in [0.15, 0.2) is 70.2 Å². The van der Waals surface area contributed by atoms with Gasteiger partial charge in [-0.3, -0.25) is 0 Å². The van der Waals surface area contributed by atoms with Crippen molar-refractivity contribution in [3.63, 3.8) is 0 Å². The number of sulfonamides is 1. The summed E-state index contributed by atoms with van der Waals surface area (Å²) >= 11 is 0.